The van der Waals surface area contributed by atoms with Gasteiger partial charge in [-0.15, -0.1) is 0 Å². The zero-order chi connectivity index (χ0) is 3.91. The van der Waals surface area contributed by atoms with Gasteiger partial charge in [0, 0.05) is 0 Å². The second-order valence-corrected chi connectivity index (χ2v) is 2.89. The predicted octanol–water partition coefficient (Wildman–Crippen LogP) is 0.864. The highest BCUT2D eigenvalue weighted by atomic mass is 79.9. The van der Waals surface area contributed by atoms with Crippen molar-refractivity contribution in [3.8, 4) is 0 Å². The molecule has 1 rings (SSSR count). The van der Waals surface area contributed by atoms with Gasteiger partial charge in [-0.05, 0) is 12.8 Å². The molecule has 0 aromatic carbocycles. The van der Waals surface area contributed by atoms with Gasteiger partial charge in [0.2, 0.25) is 0 Å². The molecule has 0 heterocycles. The summed E-state index contributed by atoms with van der Waals surface area (Å²) in [5, 5.41) is 8.55. The number of aliphatic hydroxyl groups is 1. The van der Waals surface area contributed by atoms with Crippen molar-refractivity contribution in [1.29, 1.82) is 0 Å². The van der Waals surface area contributed by atoms with Gasteiger partial charge in [-0.2, -0.15) is 0 Å². The van der Waals surface area contributed by atoms with Crippen LogP contribution < -0.4 is 0 Å². The smallest absolute Gasteiger partial charge is 0.119 e. The van der Waals surface area contributed by atoms with Crippen LogP contribution in [-0.2, 0) is 0 Å². The maximum atomic E-state index is 8.55. The summed E-state index contributed by atoms with van der Waals surface area (Å²) in [6.07, 6.45) is 1.85. The van der Waals surface area contributed by atoms with Crippen LogP contribution in [0.2, 0.25) is 0 Å². The molecule has 0 aliphatic heterocycles. The first-order chi connectivity index (χ1) is 2.21. The second kappa shape index (κ2) is 0.738. The number of alkyl halides is 1. The molecule has 0 aromatic rings. The number of rotatable bonds is 0. The molecule has 1 aliphatic carbocycles. The van der Waals surface area contributed by atoms with Crippen molar-refractivity contribution in [2.75, 3.05) is 0 Å². The summed E-state index contributed by atoms with van der Waals surface area (Å²) in [7, 11) is 0. The molecule has 2 heteroatoms. The van der Waals surface area contributed by atoms with E-state index in [-0.39, 0.29) is 0 Å². The number of halogens is 1. The van der Waals surface area contributed by atoms with E-state index in [2.05, 4.69) is 15.9 Å². The molecule has 0 saturated heterocycles. The Morgan fingerprint density at radius 2 is 1.80 bits per heavy atom. The molecule has 1 saturated carbocycles. The van der Waals surface area contributed by atoms with Gasteiger partial charge in [0.1, 0.15) is 4.51 Å². The van der Waals surface area contributed by atoms with E-state index in [1.807, 2.05) is 0 Å². The predicted molar refractivity (Wildman–Crippen MR) is 23.1 cm³/mol. The summed E-state index contributed by atoms with van der Waals surface area (Å²) in [6.45, 7) is 0. The Kier molecular flexibility index (Phi) is 0.535. The fraction of sp³-hybridized carbons (Fsp3) is 1.00. The zero-order valence-corrected chi connectivity index (χ0v) is 4.33. The van der Waals surface area contributed by atoms with E-state index in [0.29, 0.717) is 0 Å². The van der Waals surface area contributed by atoms with Crippen LogP contribution in [0.3, 0.4) is 0 Å². The van der Waals surface area contributed by atoms with Crippen LogP contribution in [0.1, 0.15) is 12.8 Å². The van der Waals surface area contributed by atoms with E-state index in [4.69, 9.17) is 5.11 Å². The zero-order valence-electron chi connectivity index (χ0n) is 2.74. The highest BCUT2D eigenvalue weighted by Gasteiger charge is 2.36. The van der Waals surface area contributed by atoms with Gasteiger partial charge in [0.25, 0.3) is 0 Å². The second-order valence-electron chi connectivity index (χ2n) is 1.42. The first-order valence-electron chi connectivity index (χ1n) is 1.62. The largest absolute Gasteiger partial charge is 0.379 e. The topological polar surface area (TPSA) is 20.2 Å². The van der Waals surface area contributed by atoms with Crippen molar-refractivity contribution in [2.24, 2.45) is 0 Å². The lowest BCUT2D eigenvalue weighted by molar-refractivity contribution is 0.253. The van der Waals surface area contributed by atoms with E-state index in [1.165, 1.54) is 0 Å². The molecule has 1 N–H and O–H groups in total. The molecule has 0 spiro atoms. The van der Waals surface area contributed by atoms with E-state index in [9.17, 15) is 0 Å². The van der Waals surface area contributed by atoms with Crippen LogP contribution in [-0.4, -0.2) is 9.62 Å². The SMILES string of the molecule is OC1(Br)CC1. The first-order valence-corrected chi connectivity index (χ1v) is 2.41. The quantitative estimate of drug-likeness (QED) is 0.491. The Hall–Kier alpha value is 0.440. The summed E-state index contributed by atoms with van der Waals surface area (Å²) < 4.78 is -0.438. The lowest BCUT2D eigenvalue weighted by Gasteiger charge is -1.83. The third-order valence-electron chi connectivity index (χ3n) is 0.663. The monoisotopic (exact) mass is 136 g/mol. The summed E-state index contributed by atoms with van der Waals surface area (Å²) >= 11 is 3.04. The summed E-state index contributed by atoms with van der Waals surface area (Å²) in [5.74, 6) is 0. The molecule has 0 atom stereocenters. The molecule has 1 aliphatic rings. The highest BCUT2D eigenvalue weighted by molar-refractivity contribution is 9.10. The van der Waals surface area contributed by atoms with Gasteiger partial charge >= 0.3 is 0 Å². The molecule has 1 fully saturated rings. The minimum atomic E-state index is -0.438. The van der Waals surface area contributed by atoms with Gasteiger partial charge in [0.05, 0.1) is 0 Å². The Morgan fingerprint density at radius 1 is 1.60 bits per heavy atom. The Balaban J connectivity index is 2.38. The molecular formula is C3H5BrO. The van der Waals surface area contributed by atoms with Crippen molar-refractivity contribution in [3.05, 3.63) is 0 Å². The lowest BCUT2D eigenvalue weighted by atomic mass is 10.9. The molecule has 0 radical (unpaired) electrons. The van der Waals surface area contributed by atoms with Gasteiger partial charge < -0.3 is 5.11 Å². The van der Waals surface area contributed by atoms with E-state index >= 15 is 0 Å². The summed E-state index contributed by atoms with van der Waals surface area (Å²) in [4.78, 5) is 0. The number of hydrogen-bond acceptors (Lipinski definition) is 1. The van der Waals surface area contributed by atoms with Crippen LogP contribution in [0.5, 0.6) is 0 Å². The molecule has 5 heavy (non-hydrogen) atoms. The van der Waals surface area contributed by atoms with Gasteiger partial charge in [-0.1, -0.05) is 15.9 Å². The molecule has 0 aromatic heterocycles. The van der Waals surface area contributed by atoms with Crippen molar-refractivity contribution in [1.82, 2.24) is 0 Å². The molecule has 0 unspecified atom stereocenters. The molecule has 30 valence electrons. The maximum absolute atomic E-state index is 8.55. The van der Waals surface area contributed by atoms with E-state index < -0.39 is 4.51 Å². The van der Waals surface area contributed by atoms with Gasteiger partial charge in [0.15, 0.2) is 0 Å². The van der Waals surface area contributed by atoms with Crippen molar-refractivity contribution in [2.45, 2.75) is 17.4 Å². The van der Waals surface area contributed by atoms with Crippen LogP contribution in [0, 0.1) is 0 Å². The molecular weight excluding hydrogens is 132 g/mol. The standard InChI is InChI=1S/C3H5BrO/c4-3(5)1-2-3/h5H,1-2H2. The molecule has 0 amide bonds. The highest BCUT2D eigenvalue weighted by Crippen LogP contribution is 2.40. The normalized spacial score (nSPS) is 30.0. The third kappa shape index (κ3) is 0.893. The van der Waals surface area contributed by atoms with Crippen LogP contribution in [0.25, 0.3) is 0 Å². The van der Waals surface area contributed by atoms with Crippen LogP contribution >= 0.6 is 15.9 Å². The Labute approximate surface area is 39.1 Å². The average molecular weight is 137 g/mol. The van der Waals surface area contributed by atoms with Crippen LogP contribution in [0.15, 0.2) is 0 Å². The lowest BCUT2D eigenvalue weighted by Crippen LogP contribution is -1.87. The summed E-state index contributed by atoms with van der Waals surface area (Å²) in [5.41, 5.74) is 0. The van der Waals surface area contributed by atoms with Crippen molar-refractivity contribution in [3.63, 3.8) is 0 Å². The van der Waals surface area contributed by atoms with Gasteiger partial charge in [-0.3, -0.25) is 0 Å². The number of hydrogen-bond donors (Lipinski definition) is 1. The average Bonchev–Trinajstić information content (AvgIpc) is 1.76. The maximum Gasteiger partial charge on any atom is 0.119 e. The fourth-order valence-electron chi connectivity index (χ4n) is 0.103. The molecule has 0 bridgehead atoms. The molecule has 1 nitrogen and oxygen atoms in total. The minimum absolute atomic E-state index is 0.438. The van der Waals surface area contributed by atoms with Gasteiger partial charge in [-0.25, -0.2) is 0 Å². The minimum Gasteiger partial charge on any atom is -0.379 e. The first kappa shape index (κ1) is 3.62. The van der Waals surface area contributed by atoms with Crippen LogP contribution in [0.4, 0.5) is 0 Å². The Bertz CT molecular complexity index is 44.9. The van der Waals surface area contributed by atoms with Crippen molar-refractivity contribution < 1.29 is 5.11 Å². The van der Waals surface area contributed by atoms with E-state index in [1.54, 1.807) is 0 Å². The fourth-order valence-corrected chi connectivity index (χ4v) is 0.301. The summed E-state index contributed by atoms with van der Waals surface area (Å²) in [6, 6.07) is 0. The third-order valence-corrected chi connectivity index (χ3v) is 1.46. The van der Waals surface area contributed by atoms with E-state index in [0.717, 1.165) is 12.8 Å². The van der Waals surface area contributed by atoms with Crippen molar-refractivity contribution >= 4 is 15.9 Å². The Morgan fingerprint density at radius 3 is 1.80 bits per heavy atom.